The van der Waals surface area contributed by atoms with Crippen LogP contribution in [0.25, 0.3) is 11.4 Å². The molecule has 0 radical (unpaired) electrons. The second-order valence-electron chi connectivity index (χ2n) is 7.03. The van der Waals surface area contributed by atoms with Crippen LogP contribution in [0, 0.1) is 0 Å². The second kappa shape index (κ2) is 11.0. The lowest BCUT2D eigenvalue weighted by molar-refractivity contribution is 0.0594. The summed E-state index contributed by atoms with van der Waals surface area (Å²) < 4.78 is 4.68. The summed E-state index contributed by atoms with van der Waals surface area (Å²) in [7, 11) is 1.31. The van der Waals surface area contributed by atoms with E-state index >= 15 is 0 Å². The average molecular weight is 403 g/mol. The number of ether oxygens (including phenoxy) is 1. The van der Waals surface area contributed by atoms with Gasteiger partial charge in [-0.05, 0) is 49.1 Å². The molecular weight excluding hydrogens is 378 g/mol. The lowest BCUT2D eigenvalue weighted by atomic mass is 10.0. The first-order valence-electron chi connectivity index (χ1n) is 10.1. The van der Waals surface area contributed by atoms with Crippen molar-refractivity contribution in [3.05, 3.63) is 77.6 Å². The number of benzene rings is 1. The Hall–Kier alpha value is -3.41. The fraction of sp³-hybridized carbons (Fsp3) is 0.292. The van der Waals surface area contributed by atoms with Gasteiger partial charge < -0.3 is 4.74 Å². The van der Waals surface area contributed by atoms with E-state index in [4.69, 9.17) is 0 Å². The zero-order valence-corrected chi connectivity index (χ0v) is 17.1. The Morgan fingerprint density at radius 3 is 2.30 bits per heavy atom. The van der Waals surface area contributed by atoms with Crippen molar-refractivity contribution in [1.29, 1.82) is 0 Å². The highest BCUT2D eigenvalue weighted by atomic mass is 16.5. The number of nitrogens with zero attached hydrogens (tertiary/aromatic N) is 3. The van der Waals surface area contributed by atoms with Crippen molar-refractivity contribution in [3.8, 4) is 11.4 Å². The Kier molecular flexibility index (Phi) is 7.78. The maximum absolute atomic E-state index is 12.3. The minimum Gasteiger partial charge on any atom is -0.464 e. The van der Waals surface area contributed by atoms with E-state index in [-0.39, 0.29) is 11.5 Å². The molecule has 0 atom stereocenters. The summed E-state index contributed by atoms with van der Waals surface area (Å²) in [6, 6.07) is 18.8. The van der Waals surface area contributed by atoms with Crippen molar-refractivity contribution in [2.75, 3.05) is 7.11 Å². The number of methoxy groups -OCH3 is 1. The zero-order valence-electron chi connectivity index (χ0n) is 17.1. The van der Waals surface area contributed by atoms with Crippen molar-refractivity contribution in [3.63, 3.8) is 0 Å². The summed E-state index contributed by atoms with van der Waals surface area (Å²) in [4.78, 5) is 28.2. The van der Waals surface area contributed by atoms with E-state index in [1.54, 1.807) is 30.3 Å². The van der Waals surface area contributed by atoms with E-state index in [1.807, 2.05) is 6.07 Å². The van der Waals surface area contributed by atoms with Gasteiger partial charge in [0.1, 0.15) is 17.1 Å². The molecule has 0 aliphatic carbocycles. The maximum atomic E-state index is 12.3. The third-order valence-electron chi connectivity index (χ3n) is 4.82. The first-order valence-corrected chi connectivity index (χ1v) is 10.1. The number of hydrogen-bond acceptors (Lipinski definition) is 6. The highest BCUT2D eigenvalue weighted by molar-refractivity contribution is 5.94. The highest BCUT2D eigenvalue weighted by Crippen LogP contribution is 2.16. The fourth-order valence-electron chi connectivity index (χ4n) is 3.15. The minimum atomic E-state index is -0.514. The summed E-state index contributed by atoms with van der Waals surface area (Å²) >= 11 is 0. The lowest BCUT2D eigenvalue weighted by Crippen LogP contribution is -2.06. The molecule has 2 heterocycles. The van der Waals surface area contributed by atoms with Gasteiger partial charge in [-0.1, -0.05) is 49.2 Å². The number of hydrogen-bond donors (Lipinski definition) is 0. The van der Waals surface area contributed by atoms with E-state index in [2.05, 4.69) is 44.2 Å². The van der Waals surface area contributed by atoms with Crippen LogP contribution in [0.5, 0.6) is 0 Å². The van der Waals surface area contributed by atoms with E-state index in [0.717, 1.165) is 32.1 Å². The molecule has 0 amide bonds. The Morgan fingerprint density at radius 2 is 1.57 bits per heavy atom. The van der Waals surface area contributed by atoms with E-state index < -0.39 is 5.97 Å². The Labute approximate surface area is 176 Å². The molecule has 0 unspecified atom stereocenters. The molecule has 154 valence electrons. The molecule has 2 aromatic heterocycles. The Balaban J connectivity index is 1.45. The number of pyridine rings is 1. The minimum absolute atomic E-state index is 0.00613. The van der Waals surface area contributed by atoms with E-state index in [9.17, 15) is 9.59 Å². The predicted molar refractivity (Wildman–Crippen MR) is 114 cm³/mol. The molecule has 0 saturated carbocycles. The van der Waals surface area contributed by atoms with Gasteiger partial charge in [0.25, 0.3) is 0 Å². The van der Waals surface area contributed by atoms with Crippen LogP contribution in [0.15, 0.2) is 60.7 Å². The SMILES string of the molecule is COC(=O)c1cccc(-c2ccc(C(=O)CCCCCCc3ccccc3)nn2)n1. The van der Waals surface area contributed by atoms with Gasteiger partial charge in [0.2, 0.25) is 0 Å². The van der Waals surface area contributed by atoms with Crippen LogP contribution >= 0.6 is 0 Å². The number of unbranched alkanes of at least 4 members (excludes halogenated alkanes) is 3. The second-order valence-corrected chi connectivity index (χ2v) is 7.03. The molecule has 0 fully saturated rings. The number of carbonyl (C=O) groups excluding carboxylic acids is 2. The molecule has 0 bridgehead atoms. The Morgan fingerprint density at radius 1 is 0.767 bits per heavy atom. The van der Waals surface area contributed by atoms with Gasteiger partial charge in [0.05, 0.1) is 12.8 Å². The molecule has 3 rings (SSSR count). The third-order valence-corrected chi connectivity index (χ3v) is 4.82. The van der Waals surface area contributed by atoms with Gasteiger partial charge in [0.15, 0.2) is 5.78 Å². The van der Waals surface area contributed by atoms with Crippen LogP contribution in [-0.4, -0.2) is 34.0 Å². The number of ketones is 1. The normalized spacial score (nSPS) is 10.6. The molecule has 0 spiro atoms. The van der Waals surface area contributed by atoms with Gasteiger partial charge in [0, 0.05) is 6.42 Å². The largest absolute Gasteiger partial charge is 0.464 e. The van der Waals surface area contributed by atoms with Gasteiger partial charge in [-0.25, -0.2) is 9.78 Å². The number of carbonyl (C=O) groups is 2. The highest BCUT2D eigenvalue weighted by Gasteiger charge is 2.12. The van der Waals surface area contributed by atoms with E-state index in [1.165, 1.54) is 12.7 Å². The van der Waals surface area contributed by atoms with Gasteiger partial charge in [-0.2, -0.15) is 0 Å². The van der Waals surface area contributed by atoms with Crippen molar-refractivity contribution in [2.45, 2.75) is 38.5 Å². The number of rotatable bonds is 10. The standard InChI is InChI=1S/C24H25N3O3/c1-30-24(29)22-14-9-13-19(25-22)20-16-17-21(27-26-20)23(28)15-8-3-2-5-10-18-11-6-4-7-12-18/h4,6-7,9,11-14,16-17H,2-3,5,8,10,15H2,1H3. The third kappa shape index (κ3) is 6.04. The number of aryl methyl sites for hydroxylation is 1. The van der Waals surface area contributed by atoms with Crippen LogP contribution < -0.4 is 0 Å². The van der Waals surface area contributed by atoms with Crippen molar-refractivity contribution in [1.82, 2.24) is 15.2 Å². The summed E-state index contributed by atoms with van der Waals surface area (Å²) in [6.07, 6.45) is 5.65. The molecule has 0 saturated heterocycles. The molecule has 1 aromatic carbocycles. The van der Waals surface area contributed by atoms with Crippen molar-refractivity contribution >= 4 is 11.8 Å². The maximum Gasteiger partial charge on any atom is 0.356 e. The molecular formula is C24H25N3O3. The fourth-order valence-corrected chi connectivity index (χ4v) is 3.15. The Bertz CT molecular complexity index is 973. The van der Waals surface area contributed by atoms with Crippen LogP contribution in [0.1, 0.15) is 58.6 Å². The lowest BCUT2D eigenvalue weighted by Gasteiger charge is -2.04. The van der Waals surface area contributed by atoms with Crippen molar-refractivity contribution < 1.29 is 14.3 Å². The molecule has 30 heavy (non-hydrogen) atoms. The smallest absolute Gasteiger partial charge is 0.356 e. The molecule has 6 nitrogen and oxygen atoms in total. The summed E-state index contributed by atoms with van der Waals surface area (Å²) in [5.41, 5.74) is 2.91. The topological polar surface area (TPSA) is 82.0 Å². The van der Waals surface area contributed by atoms with E-state index in [0.29, 0.717) is 23.5 Å². The van der Waals surface area contributed by atoms with Crippen LogP contribution in [0.3, 0.4) is 0 Å². The summed E-state index contributed by atoms with van der Waals surface area (Å²) in [6.45, 7) is 0. The first kappa shape index (κ1) is 21.3. The first-order chi connectivity index (χ1) is 14.7. The quantitative estimate of drug-likeness (QED) is 0.277. The summed E-state index contributed by atoms with van der Waals surface area (Å²) in [5, 5.41) is 8.15. The van der Waals surface area contributed by atoms with Crippen LogP contribution in [0.4, 0.5) is 0 Å². The number of Topliss-reactive ketones (excluding diaryl/α,β-unsaturated/α-hetero) is 1. The summed E-state index contributed by atoms with van der Waals surface area (Å²) in [5.74, 6) is -0.520. The molecule has 0 N–H and O–H groups in total. The molecule has 0 aliphatic heterocycles. The van der Waals surface area contributed by atoms with Crippen LogP contribution in [0.2, 0.25) is 0 Å². The molecule has 0 aliphatic rings. The van der Waals surface area contributed by atoms with Gasteiger partial charge >= 0.3 is 5.97 Å². The monoisotopic (exact) mass is 403 g/mol. The number of esters is 1. The average Bonchev–Trinajstić information content (AvgIpc) is 2.81. The molecule has 6 heteroatoms. The van der Waals surface area contributed by atoms with Gasteiger partial charge in [-0.15, -0.1) is 10.2 Å². The van der Waals surface area contributed by atoms with Crippen LogP contribution in [-0.2, 0) is 11.2 Å². The van der Waals surface area contributed by atoms with Gasteiger partial charge in [-0.3, -0.25) is 4.79 Å². The van der Waals surface area contributed by atoms with Crippen molar-refractivity contribution in [2.24, 2.45) is 0 Å². The zero-order chi connectivity index (χ0) is 21.2. The predicted octanol–water partition coefficient (Wildman–Crippen LogP) is 4.70. The molecule has 3 aromatic rings. The number of aromatic nitrogens is 3.